The molecule has 30 heavy (non-hydrogen) atoms. The number of amides is 1. The van der Waals surface area contributed by atoms with Crippen molar-refractivity contribution in [2.75, 3.05) is 36.4 Å². The molecule has 0 aliphatic carbocycles. The molecule has 1 amide bonds. The Morgan fingerprint density at radius 1 is 1.20 bits per heavy atom. The maximum absolute atomic E-state index is 13.0. The number of aromatic nitrogens is 1. The van der Waals surface area contributed by atoms with Crippen LogP contribution in [-0.4, -0.2) is 50.0 Å². The molecule has 0 bridgehead atoms. The molecule has 1 aromatic carbocycles. The molecule has 3 rings (SSSR count). The van der Waals surface area contributed by atoms with E-state index in [1.807, 2.05) is 13.8 Å². The van der Waals surface area contributed by atoms with Gasteiger partial charge in [-0.3, -0.25) is 4.79 Å². The highest BCUT2D eigenvalue weighted by atomic mass is 32.2. The summed E-state index contributed by atoms with van der Waals surface area (Å²) in [5.74, 6) is 0.377. The fourth-order valence-corrected chi connectivity index (χ4v) is 5.32. The van der Waals surface area contributed by atoms with E-state index in [1.54, 1.807) is 32.0 Å². The van der Waals surface area contributed by atoms with E-state index in [9.17, 15) is 13.2 Å². The molecule has 0 atom stereocenters. The minimum Gasteiger partial charge on any atom is -0.370 e. The van der Waals surface area contributed by atoms with E-state index in [2.05, 4.69) is 15.4 Å². The predicted molar refractivity (Wildman–Crippen MR) is 116 cm³/mol. The summed E-state index contributed by atoms with van der Waals surface area (Å²) in [6.45, 7) is 9.74. The summed E-state index contributed by atoms with van der Waals surface area (Å²) in [6, 6.07) is 5.00. The topological polar surface area (TPSA) is 95.8 Å². The number of carbonyl (C=O) groups is 1. The average Bonchev–Trinajstić information content (AvgIpc) is 3.34. The van der Waals surface area contributed by atoms with E-state index >= 15 is 0 Å². The number of anilines is 2. The zero-order valence-corrected chi connectivity index (χ0v) is 18.9. The van der Waals surface area contributed by atoms with E-state index < -0.39 is 10.0 Å². The Morgan fingerprint density at radius 2 is 1.87 bits per heavy atom. The minimum atomic E-state index is -3.62. The molecule has 1 fully saturated rings. The van der Waals surface area contributed by atoms with Gasteiger partial charge in [-0.15, -0.1) is 0 Å². The molecular formula is C21H30N4O4S. The van der Waals surface area contributed by atoms with E-state index in [-0.39, 0.29) is 17.2 Å². The lowest BCUT2D eigenvalue weighted by atomic mass is 10.1. The van der Waals surface area contributed by atoms with Gasteiger partial charge in [0.25, 0.3) is 0 Å². The smallest absolute Gasteiger partial charge is 0.243 e. The van der Waals surface area contributed by atoms with Crippen molar-refractivity contribution in [1.29, 1.82) is 0 Å². The van der Waals surface area contributed by atoms with Crippen LogP contribution in [0, 0.1) is 13.8 Å². The molecule has 0 unspecified atom stereocenters. The second-order valence-corrected chi connectivity index (χ2v) is 9.43. The van der Waals surface area contributed by atoms with Crippen molar-refractivity contribution in [3.63, 3.8) is 0 Å². The van der Waals surface area contributed by atoms with Gasteiger partial charge in [0.2, 0.25) is 15.9 Å². The van der Waals surface area contributed by atoms with Crippen LogP contribution < -0.4 is 10.2 Å². The van der Waals surface area contributed by atoms with Crippen LogP contribution in [0.25, 0.3) is 0 Å². The lowest BCUT2D eigenvalue weighted by molar-refractivity contribution is -0.115. The number of nitrogens with one attached hydrogen (secondary N) is 1. The maximum atomic E-state index is 13.0. The second kappa shape index (κ2) is 9.18. The Labute approximate surface area is 178 Å². The lowest BCUT2D eigenvalue weighted by Gasteiger charge is -2.24. The fraction of sp³-hybridized carbons (Fsp3) is 0.524. The summed E-state index contributed by atoms with van der Waals surface area (Å²) in [5.41, 5.74) is 2.79. The third-order valence-electron chi connectivity index (χ3n) is 5.55. The third-order valence-corrected chi connectivity index (χ3v) is 7.60. The van der Waals surface area contributed by atoms with Crippen LogP contribution in [0.4, 0.5) is 11.4 Å². The zero-order valence-electron chi connectivity index (χ0n) is 18.1. The van der Waals surface area contributed by atoms with Gasteiger partial charge < -0.3 is 14.7 Å². The van der Waals surface area contributed by atoms with E-state index in [0.29, 0.717) is 30.2 Å². The van der Waals surface area contributed by atoms with Crippen LogP contribution in [0.15, 0.2) is 27.6 Å². The third kappa shape index (κ3) is 4.52. The van der Waals surface area contributed by atoms with Crippen molar-refractivity contribution in [2.45, 2.75) is 51.9 Å². The number of hydrogen-bond acceptors (Lipinski definition) is 6. The fourth-order valence-electron chi connectivity index (χ4n) is 3.83. The molecule has 0 spiro atoms. The Morgan fingerprint density at radius 3 is 2.43 bits per heavy atom. The zero-order chi connectivity index (χ0) is 21.9. The van der Waals surface area contributed by atoms with Gasteiger partial charge in [-0.1, -0.05) is 19.0 Å². The Bertz CT molecular complexity index is 987. The van der Waals surface area contributed by atoms with Gasteiger partial charge >= 0.3 is 0 Å². The molecule has 2 aromatic rings. The summed E-state index contributed by atoms with van der Waals surface area (Å²) in [5, 5.41) is 6.83. The van der Waals surface area contributed by atoms with Gasteiger partial charge in [-0.05, 0) is 44.9 Å². The normalized spacial score (nSPS) is 14.5. The number of sulfonamides is 1. The minimum absolute atomic E-state index is 0.119. The second-order valence-electron chi connectivity index (χ2n) is 7.49. The van der Waals surface area contributed by atoms with E-state index in [0.717, 1.165) is 37.2 Å². The van der Waals surface area contributed by atoms with Crippen molar-refractivity contribution in [2.24, 2.45) is 0 Å². The summed E-state index contributed by atoms with van der Waals surface area (Å²) in [7, 11) is -3.62. The first-order valence-electron chi connectivity index (χ1n) is 10.4. The number of rotatable bonds is 8. The summed E-state index contributed by atoms with van der Waals surface area (Å²) in [4.78, 5) is 15.2. The molecule has 1 aliphatic rings. The van der Waals surface area contributed by atoms with Gasteiger partial charge in [0, 0.05) is 31.7 Å². The van der Waals surface area contributed by atoms with Crippen LogP contribution in [0.1, 0.15) is 43.7 Å². The van der Waals surface area contributed by atoms with Gasteiger partial charge in [0.05, 0.1) is 28.4 Å². The lowest BCUT2D eigenvalue weighted by Crippen LogP contribution is -2.31. The largest absolute Gasteiger partial charge is 0.370 e. The van der Waals surface area contributed by atoms with Crippen molar-refractivity contribution in [1.82, 2.24) is 9.46 Å². The summed E-state index contributed by atoms with van der Waals surface area (Å²) in [6.07, 6.45) is 2.27. The first kappa shape index (κ1) is 22.3. The van der Waals surface area contributed by atoms with Crippen LogP contribution >= 0.6 is 0 Å². The quantitative estimate of drug-likeness (QED) is 0.686. The molecule has 1 aromatic heterocycles. The van der Waals surface area contributed by atoms with Gasteiger partial charge in [0.15, 0.2) is 0 Å². The number of nitrogens with zero attached hydrogens (tertiary/aromatic N) is 3. The molecule has 1 aliphatic heterocycles. The van der Waals surface area contributed by atoms with Gasteiger partial charge in [-0.2, -0.15) is 4.31 Å². The molecule has 164 valence electrons. The molecule has 1 N–H and O–H groups in total. The predicted octanol–water partition coefficient (Wildman–Crippen LogP) is 3.10. The highest BCUT2D eigenvalue weighted by Gasteiger charge is 2.25. The van der Waals surface area contributed by atoms with Crippen molar-refractivity contribution >= 4 is 27.3 Å². The van der Waals surface area contributed by atoms with Crippen LogP contribution in [0.2, 0.25) is 0 Å². The Balaban J connectivity index is 1.94. The van der Waals surface area contributed by atoms with Crippen molar-refractivity contribution < 1.29 is 17.7 Å². The maximum Gasteiger partial charge on any atom is 0.243 e. The molecule has 8 nitrogen and oxygen atoms in total. The van der Waals surface area contributed by atoms with E-state index in [4.69, 9.17) is 4.52 Å². The Kier molecular flexibility index (Phi) is 6.82. The number of hydrogen-bond donors (Lipinski definition) is 1. The van der Waals surface area contributed by atoms with Crippen molar-refractivity contribution in [3.8, 4) is 0 Å². The molecule has 1 saturated heterocycles. The molecule has 9 heteroatoms. The molecular weight excluding hydrogens is 404 g/mol. The highest BCUT2D eigenvalue weighted by molar-refractivity contribution is 7.89. The first-order chi connectivity index (χ1) is 14.3. The Hall–Kier alpha value is -2.39. The number of aryl methyl sites for hydroxylation is 2. The molecule has 2 heterocycles. The van der Waals surface area contributed by atoms with E-state index in [1.165, 1.54) is 4.31 Å². The van der Waals surface area contributed by atoms with Crippen LogP contribution in [0.3, 0.4) is 0 Å². The van der Waals surface area contributed by atoms with Crippen molar-refractivity contribution in [3.05, 3.63) is 35.2 Å². The van der Waals surface area contributed by atoms with Gasteiger partial charge in [0.1, 0.15) is 5.76 Å². The molecule has 0 saturated carbocycles. The summed E-state index contributed by atoms with van der Waals surface area (Å²) < 4.78 is 32.5. The van der Waals surface area contributed by atoms with Crippen LogP contribution in [0.5, 0.6) is 0 Å². The first-order valence-corrected chi connectivity index (χ1v) is 11.8. The SMILES string of the molecule is CCN(CC)S(=O)(=O)c1ccc(N2CCCC2)c(NC(=O)Cc2c(C)noc2C)c1. The monoisotopic (exact) mass is 434 g/mol. The number of carbonyl (C=O) groups excluding carboxylic acids is 1. The number of benzene rings is 1. The van der Waals surface area contributed by atoms with Gasteiger partial charge in [-0.25, -0.2) is 8.42 Å². The average molecular weight is 435 g/mol. The standard InChI is InChI=1S/C21H30N4O4S/c1-5-25(6-2)30(27,28)17-9-10-20(24-11-7-8-12-24)19(13-17)22-21(26)14-18-15(3)23-29-16(18)4/h9-10,13H,5-8,11-12,14H2,1-4H3,(H,22,26). The summed E-state index contributed by atoms with van der Waals surface area (Å²) >= 11 is 0. The van der Waals surface area contributed by atoms with Crippen LogP contribution in [-0.2, 0) is 21.2 Å². The molecule has 0 radical (unpaired) electrons. The highest BCUT2D eigenvalue weighted by Crippen LogP contribution is 2.32.